The van der Waals surface area contributed by atoms with Crippen LogP contribution in [0.3, 0.4) is 0 Å². The van der Waals surface area contributed by atoms with Crippen LogP contribution in [0.25, 0.3) is 11.0 Å². The van der Waals surface area contributed by atoms with Crippen LogP contribution < -0.4 is 10.1 Å². The maximum Gasteiger partial charge on any atom is 0.167 e. The lowest BCUT2D eigenvalue weighted by Crippen LogP contribution is -2.04. The molecule has 0 unspecified atom stereocenters. The van der Waals surface area contributed by atoms with Gasteiger partial charge in [-0.15, -0.1) is 0 Å². The molecule has 0 radical (unpaired) electrons. The molecule has 1 N–H and O–H groups in total. The van der Waals surface area contributed by atoms with E-state index in [4.69, 9.17) is 16.3 Å². The Morgan fingerprint density at radius 3 is 2.68 bits per heavy atom. The van der Waals surface area contributed by atoms with Gasteiger partial charge < -0.3 is 14.6 Å². The Morgan fingerprint density at radius 1 is 1.00 bits per heavy atom. The topological polar surface area (TPSA) is 98.5 Å². The molecule has 5 rings (SSSR count). The van der Waals surface area contributed by atoms with E-state index in [-0.39, 0.29) is 12.3 Å². The fraction of sp³-hybridized carbons (Fsp3) is 0.107. The first-order chi connectivity index (χ1) is 18.1. The first-order valence-corrected chi connectivity index (χ1v) is 12.0. The molecule has 0 aliphatic carbocycles. The number of ketones is 1. The molecule has 0 saturated heterocycles. The van der Waals surface area contributed by atoms with Crippen molar-refractivity contribution in [2.75, 3.05) is 11.9 Å². The minimum atomic E-state index is 0.00661. The van der Waals surface area contributed by atoms with Gasteiger partial charge in [0.2, 0.25) is 0 Å². The molecule has 0 bridgehead atoms. The lowest BCUT2D eigenvalue weighted by molar-refractivity contribution is 0.0992. The molecule has 37 heavy (non-hydrogen) atoms. The van der Waals surface area contributed by atoms with Gasteiger partial charge in [-0.1, -0.05) is 59.2 Å². The molecule has 2 heterocycles. The SMILES string of the molecule is O=NCCn1ccc2ncnc(Nc3ccc(Oc4cccc(C(=O)Cc5ccccc5)c4)c(Cl)c3)c21. The average molecular weight is 512 g/mol. The van der Waals surface area contributed by atoms with Crippen molar-refractivity contribution >= 4 is 39.9 Å². The third-order valence-electron chi connectivity index (χ3n) is 5.77. The number of rotatable bonds is 10. The van der Waals surface area contributed by atoms with E-state index in [1.807, 2.05) is 53.2 Å². The van der Waals surface area contributed by atoms with Crippen LogP contribution in [0.15, 0.2) is 96.6 Å². The zero-order valence-electron chi connectivity index (χ0n) is 19.7. The smallest absolute Gasteiger partial charge is 0.167 e. The highest BCUT2D eigenvalue weighted by molar-refractivity contribution is 6.32. The Kier molecular flexibility index (Phi) is 7.19. The summed E-state index contributed by atoms with van der Waals surface area (Å²) in [5, 5.41) is 6.59. The number of hydrogen-bond donors (Lipinski definition) is 1. The molecular weight excluding hydrogens is 490 g/mol. The monoisotopic (exact) mass is 511 g/mol. The minimum Gasteiger partial charge on any atom is -0.456 e. The number of benzene rings is 3. The summed E-state index contributed by atoms with van der Waals surface area (Å²) in [5.74, 6) is 1.55. The van der Waals surface area contributed by atoms with Gasteiger partial charge in [-0.25, -0.2) is 9.97 Å². The van der Waals surface area contributed by atoms with E-state index in [0.717, 1.165) is 16.6 Å². The van der Waals surface area contributed by atoms with Crippen molar-refractivity contribution in [2.45, 2.75) is 13.0 Å². The standard InChI is InChI=1S/C28H22ClN5O3/c29-23-17-21(33-28-27-24(30-18-31-28)11-13-34(27)14-12-32-36)9-10-26(23)37-22-8-4-7-20(16-22)25(35)15-19-5-2-1-3-6-19/h1-11,13,16-18H,12,14-15H2,(H,30,31,33). The van der Waals surface area contributed by atoms with Gasteiger partial charge in [0.15, 0.2) is 11.6 Å². The number of carbonyl (C=O) groups excluding carboxylic acids is 1. The Bertz CT molecular complexity index is 1570. The summed E-state index contributed by atoms with van der Waals surface area (Å²) in [6, 6.07) is 23.8. The lowest BCUT2D eigenvalue weighted by Gasteiger charge is -2.12. The van der Waals surface area contributed by atoms with E-state index in [1.165, 1.54) is 6.33 Å². The highest BCUT2D eigenvalue weighted by Gasteiger charge is 2.13. The molecule has 0 spiro atoms. The Labute approximate surface area is 217 Å². The van der Waals surface area contributed by atoms with E-state index in [2.05, 4.69) is 20.5 Å². The Hall–Kier alpha value is -4.56. The second kappa shape index (κ2) is 11.0. The number of fused-ring (bicyclic) bond motifs is 1. The first kappa shape index (κ1) is 24.1. The van der Waals surface area contributed by atoms with Gasteiger partial charge in [-0.3, -0.25) is 4.79 Å². The van der Waals surface area contributed by atoms with Crippen molar-refractivity contribution in [3.05, 3.63) is 112 Å². The molecule has 184 valence electrons. The number of ether oxygens (including phenoxy) is 1. The molecule has 2 aromatic heterocycles. The molecule has 8 nitrogen and oxygen atoms in total. The number of nitrogens with zero attached hydrogens (tertiary/aromatic N) is 4. The zero-order chi connectivity index (χ0) is 25.6. The summed E-state index contributed by atoms with van der Waals surface area (Å²) in [4.78, 5) is 32.0. The Balaban J connectivity index is 1.32. The van der Waals surface area contributed by atoms with Gasteiger partial charge in [0, 0.05) is 30.4 Å². The maximum absolute atomic E-state index is 12.7. The fourth-order valence-corrected chi connectivity index (χ4v) is 4.22. The predicted octanol–water partition coefficient (Wildman–Crippen LogP) is 6.81. The number of halogens is 1. The molecule has 0 atom stereocenters. The third-order valence-corrected chi connectivity index (χ3v) is 6.06. The van der Waals surface area contributed by atoms with E-state index in [0.29, 0.717) is 46.6 Å². The predicted molar refractivity (Wildman–Crippen MR) is 144 cm³/mol. The highest BCUT2D eigenvalue weighted by atomic mass is 35.5. The second-order valence-corrected chi connectivity index (χ2v) is 8.71. The van der Waals surface area contributed by atoms with Gasteiger partial charge in [0.05, 0.1) is 17.1 Å². The molecule has 0 aliphatic heterocycles. The van der Waals surface area contributed by atoms with Crippen LogP contribution in [0.4, 0.5) is 11.5 Å². The minimum absolute atomic E-state index is 0.00661. The molecule has 0 fully saturated rings. The molecular formula is C28H22ClN5O3. The largest absolute Gasteiger partial charge is 0.456 e. The van der Waals surface area contributed by atoms with Gasteiger partial charge in [-0.05, 0) is 42.0 Å². The second-order valence-electron chi connectivity index (χ2n) is 8.30. The van der Waals surface area contributed by atoms with Crippen molar-refractivity contribution in [3.8, 4) is 11.5 Å². The van der Waals surface area contributed by atoms with Crippen molar-refractivity contribution < 1.29 is 9.53 Å². The number of hydrogen-bond acceptors (Lipinski definition) is 7. The Morgan fingerprint density at radius 2 is 1.86 bits per heavy atom. The van der Waals surface area contributed by atoms with Crippen LogP contribution in [0.1, 0.15) is 15.9 Å². The van der Waals surface area contributed by atoms with Crippen LogP contribution in [-0.2, 0) is 13.0 Å². The number of Topliss-reactive ketones (excluding diaryl/α,β-unsaturated/α-hetero) is 1. The van der Waals surface area contributed by atoms with Crippen molar-refractivity contribution in [1.82, 2.24) is 14.5 Å². The maximum atomic E-state index is 12.7. The van der Waals surface area contributed by atoms with Crippen molar-refractivity contribution in [2.24, 2.45) is 5.18 Å². The number of nitrogens with one attached hydrogen (secondary N) is 1. The summed E-state index contributed by atoms with van der Waals surface area (Å²) in [6.07, 6.45) is 3.63. The molecule has 0 aliphatic rings. The molecule has 5 aromatic rings. The normalized spacial score (nSPS) is 10.8. The van der Waals surface area contributed by atoms with Crippen LogP contribution in [-0.4, -0.2) is 26.9 Å². The summed E-state index contributed by atoms with van der Waals surface area (Å²) in [7, 11) is 0. The number of anilines is 2. The van der Waals surface area contributed by atoms with Crippen LogP contribution in [0.5, 0.6) is 11.5 Å². The van der Waals surface area contributed by atoms with Gasteiger partial charge in [0.1, 0.15) is 23.3 Å². The van der Waals surface area contributed by atoms with Gasteiger partial charge >= 0.3 is 0 Å². The summed E-state index contributed by atoms with van der Waals surface area (Å²) < 4.78 is 7.87. The number of aromatic nitrogens is 3. The summed E-state index contributed by atoms with van der Waals surface area (Å²) in [6.45, 7) is 0.574. The number of nitroso groups, excluding NO2 is 1. The lowest BCUT2D eigenvalue weighted by atomic mass is 10.0. The molecule has 3 aromatic carbocycles. The fourth-order valence-electron chi connectivity index (χ4n) is 4.00. The van der Waals surface area contributed by atoms with Gasteiger partial charge in [0.25, 0.3) is 0 Å². The van der Waals surface area contributed by atoms with E-state index in [1.54, 1.807) is 36.4 Å². The molecule has 0 saturated carbocycles. The summed E-state index contributed by atoms with van der Waals surface area (Å²) in [5.41, 5.74) is 3.73. The van der Waals surface area contributed by atoms with Crippen LogP contribution in [0.2, 0.25) is 5.02 Å². The quantitative estimate of drug-likeness (QED) is 0.163. The molecule has 0 amide bonds. The zero-order valence-corrected chi connectivity index (χ0v) is 20.4. The van der Waals surface area contributed by atoms with Crippen LogP contribution >= 0.6 is 11.6 Å². The third kappa shape index (κ3) is 5.65. The average Bonchev–Trinajstić information content (AvgIpc) is 3.34. The summed E-state index contributed by atoms with van der Waals surface area (Å²) >= 11 is 6.54. The van der Waals surface area contributed by atoms with E-state index >= 15 is 0 Å². The van der Waals surface area contributed by atoms with E-state index in [9.17, 15) is 9.70 Å². The van der Waals surface area contributed by atoms with Crippen LogP contribution in [0, 0.1) is 4.91 Å². The highest BCUT2D eigenvalue weighted by Crippen LogP contribution is 2.33. The van der Waals surface area contributed by atoms with Crippen molar-refractivity contribution in [3.63, 3.8) is 0 Å². The first-order valence-electron chi connectivity index (χ1n) is 11.6. The van der Waals surface area contributed by atoms with Gasteiger partial charge in [-0.2, -0.15) is 4.91 Å². The van der Waals surface area contributed by atoms with E-state index < -0.39 is 0 Å². The molecule has 9 heteroatoms. The van der Waals surface area contributed by atoms with Crippen molar-refractivity contribution in [1.29, 1.82) is 0 Å². The number of carbonyl (C=O) groups is 1.